The Bertz CT molecular complexity index is 4090. The normalized spacial score (nSPS) is 14.9. The zero-order valence-electron chi connectivity index (χ0n) is 37.8. The van der Waals surface area contributed by atoms with Gasteiger partial charge in [0.25, 0.3) is 0 Å². The molecule has 2 aliphatic carbocycles. The lowest BCUT2D eigenvalue weighted by molar-refractivity contribution is 0.917. The SMILES string of the molecule is C1=CCCC(n2c3c(c4ccccc42)-c2ccccc2N(c2cccc4c2sc2c(N5c6ccccc6-c6c(n(-c7ccccc7)c7ccccc67)-c6ccccc65)cccc24)C2=C3C=CCC2)=C1. The number of para-hydroxylation sites is 6. The van der Waals surface area contributed by atoms with Crippen LogP contribution in [0.4, 0.5) is 28.4 Å². The van der Waals surface area contributed by atoms with Crippen molar-refractivity contribution in [2.45, 2.75) is 25.7 Å². The van der Waals surface area contributed by atoms with Crippen molar-refractivity contribution in [1.29, 1.82) is 0 Å². The van der Waals surface area contributed by atoms with Crippen LogP contribution in [0.2, 0.25) is 0 Å². The minimum absolute atomic E-state index is 0.939. The Balaban J connectivity index is 0.987. The molecule has 5 heterocycles. The van der Waals surface area contributed by atoms with Gasteiger partial charge >= 0.3 is 0 Å². The first-order valence-electron chi connectivity index (χ1n) is 24.2. The first-order valence-corrected chi connectivity index (χ1v) is 25.0. The van der Waals surface area contributed by atoms with Crippen LogP contribution in [0.5, 0.6) is 0 Å². The number of hydrogen-bond donors (Lipinski definition) is 0. The van der Waals surface area contributed by atoms with Crippen LogP contribution in [0.25, 0.3) is 92.4 Å². The van der Waals surface area contributed by atoms with Crippen LogP contribution < -0.4 is 9.80 Å². The van der Waals surface area contributed by atoms with Crippen LogP contribution in [0.15, 0.2) is 224 Å². The van der Waals surface area contributed by atoms with E-state index in [0.717, 1.165) is 37.1 Å². The lowest BCUT2D eigenvalue weighted by Crippen LogP contribution is -2.19. The van der Waals surface area contributed by atoms with Gasteiger partial charge in [-0.1, -0.05) is 158 Å². The monoisotopic (exact) mass is 900 g/mol. The van der Waals surface area contributed by atoms with Crippen LogP contribution in [0.3, 0.4) is 0 Å². The van der Waals surface area contributed by atoms with Gasteiger partial charge in [-0.05, 0) is 86.4 Å². The summed E-state index contributed by atoms with van der Waals surface area (Å²) in [6, 6.07) is 70.0. The van der Waals surface area contributed by atoms with Crippen molar-refractivity contribution in [3.05, 3.63) is 230 Å². The molecule has 0 N–H and O–H groups in total. The van der Waals surface area contributed by atoms with Crippen LogP contribution in [0.1, 0.15) is 31.4 Å². The molecule has 0 unspecified atom stereocenters. The molecule has 326 valence electrons. The highest BCUT2D eigenvalue weighted by atomic mass is 32.1. The van der Waals surface area contributed by atoms with Gasteiger partial charge in [0, 0.05) is 72.0 Å². The predicted octanol–water partition coefficient (Wildman–Crippen LogP) is 18.1. The quantitative estimate of drug-likeness (QED) is 0.175. The number of fused-ring (bicyclic) bond motifs is 16. The number of rotatable bonds is 4. The summed E-state index contributed by atoms with van der Waals surface area (Å²) >= 11 is 1.93. The van der Waals surface area contributed by atoms with Gasteiger partial charge in [-0.2, -0.15) is 0 Å². The fraction of sp³-hybridized carbons (Fsp3) is 0.0625. The van der Waals surface area contributed by atoms with Gasteiger partial charge in [-0.25, -0.2) is 0 Å². The third-order valence-electron chi connectivity index (χ3n) is 14.9. The van der Waals surface area contributed by atoms with Crippen LogP contribution in [0, 0.1) is 0 Å². The number of aromatic nitrogens is 2. The third kappa shape index (κ3) is 5.51. The van der Waals surface area contributed by atoms with Crippen molar-refractivity contribution < 1.29 is 0 Å². The molecule has 69 heavy (non-hydrogen) atoms. The van der Waals surface area contributed by atoms with E-state index in [9.17, 15) is 0 Å². The Hall–Kier alpha value is -8.38. The summed E-state index contributed by atoms with van der Waals surface area (Å²) in [5.41, 5.74) is 22.4. The van der Waals surface area contributed by atoms with Crippen LogP contribution in [-0.2, 0) is 0 Å². The summed E-state index contributed by atoms with van der Waals surface area (Å²) in [5, 5.41) is 5.08. The molecule has 0 saturated heterocycles. The summed E-state index contributed by atoms with van der Waals surface area (Å²) in [5.74, 6) is 0. The maximum atomic E-state index is 2.64. The van der Waals surface area contributed by atoms with E-state index in [-0.39, 0.29) is 0 Å². The van der Waals surface area contributed by atoms with Gasteiger partial charge < -0.3 is 18.9 Å². The van der Waals surface area contributed by atoms with E-state index in [1.807, 2.05) is 11.3 Å². The molecule has 3 aromatic heterocycles. The molecule has 0 amide bonds. The van der Waals surface area contributed by atoms with E-state index in [4.69, 9.17) is 0 Å². The van der Waals surface area contributed by atoms with E-state index in [1.54, 1.807) is 0 Å². The molecule has 5 heteroatoms. The molecule has 0 saturated carbocycles. The van der Waals surface area contributed by atoms with E-state index in [0.29, 0.717) is 0 Å². The highest BCUT2D eigenvalue weighted by Crippen LogP contribution is 2.58. The molecule has 0 fully saturated rings. The second-order valence-electron chi connectivity index (χ2n) is 18.5. The third-order valence-corrected chi connectivity index (χ3v) is 16.2. The van der Waals surface area contributed by atoms with Gasteiger partial charge in [-0.15, -0.1) is 11.3 Å². The molecular weight excluding hydrogens is 857 g/mol. The van der Waals surface area contributed by atoms with Crippen molar-refractivity contribution in [3.8, 4) is 39.2 Å². The van der Waals surface area contributed by atoms with E-state index < -0.39 is 0 Å². The van der Waals surface area contributed by atoms with E-state index in [1.165, 1.54) is 121 Å². The topological polar surface area (TPSA) is 16.3 Å². The first-order chi connectivity index (χ1) is 34.3. The zero-order chi connectivity index (χ0) is 45.2. The van der Waals surface area contributed by atoms with Crippen molar-refractivity contribution >= 4 is 93.0 Å². The average molecular weight is 901 g/mol. The molecular formula is C64H44N4S. The summed E-state index contributed by atoms with van der Waals surface area (Å²) in [7, 11) is 0. The molecule has 0 bridgehead atoms. The lowest BCUT2D eigenvalue weighted by atomic mass is 9.95. The van der Waals surface area contributed by atoms with E-state index in [2.05, 4.69) is 237 Å². The van der Waals surface area contributed by atoms with Crippen molar-refractivity contribution in [2.75, 3.05) is 9.80 Å². The first kappa shape index (κ1) is 38.7. The average Bonchev–Trinajstić information content (AvgIpc) is 4.04. The Morgan fingerprint density at radius 1 is 0.391 bits per heavy atom. The van der Waals surface area contributed by atoms with Gasteiger partial charge in [0.2, 0.25) is 0 Å². The van der Waals surface area contributed by atoms with Gasteiger partial charge in [0.15, 0.2) is 0 Å². The number of benzene rings is 8. The fourth-order valence-electron chi connectivity index (χ4n) is 12.1. The van der Waals surface area contributed by atoms with Crippen molar-refractivity contribution in [2.24, 2.45) is 0 Å². The number of nitrogens with zero attached hydrogens (tertiary/aromatic N) is 4. The highest BCUT2D eigenvalue weighted by molar-refractivity contribution is 7.27. The molecule has 0 radical (unpaired) electrons. The Morgan fingerprint density at radius 2 is 0.913 bits per heavy atom. The molecule has 4 aliphatic rings. The molecule has 2 aliphatic heterocycles. The van der Waals surface area contributed by atoms with Gasteiger partial charge in [-0.3, -0.25) is 0 Å². The van der Waals surface area contributed by atoms with Crippen molar-refractivity contribution in [1.82, 2.24) is 9.13 Å². The lowest BCUT2D eigenvalue weighted by Gasteiger charge is -2.31. The van der Waals surface area contributed by atoms with Crippen LogP contribution in [-0.4, -0.2) is 9.13 Å². The summed E-state index contributed by atoms with van der Waals surface area (Å²) in [4.78, 5) is 5.19. The predicted molar refractivity (Wildman–Crippen MR) is 293 cm³/mol. The number of anilines is 5. The van der Waals surface area contributed by atoms with Crippen molar-refractivity contribution in [3.63, 3.8) is 0 Å². The maximum Gasteiger partial charge on any atom is 0.0641 e. The number of hydrogen-bond acceptors (Lipinski definition) is 3. The van der Waals surface area contributed by atoms with Gasteiger partial charge in [0.1, 0.15) is 0 Å². The highest BCUT2D eigenvalue weighted by Gasteiger charge is 2.36. The fourth-order valence-corrected chi connectivity index (χ4v) is 13.4. The largest absolute Gasteiger partial charge is 0.312 e. The minimum Gasteiger partial charge on any atom is -0.312 e. The number of thiophene rings is 1. The molecule has 0 spiro atoms. The smallest absolute Gasteiger partial charge is 0.0641 e. The summed E-state index contributed by atoms with van der Waals surface area (Å²) < 4.78 is 7.62. The Labute approximate surface area is 404 Å². The summed E-state index contributed by atoms with van der Waals surface area (Å²) in [6.45, 7) is 0. The number of allylic oxidation sites excluding steroid dienone is 8. The Kier molecular flexibility index (Phi) is 8.45. The second kappa shape index (κ2) is 15.1. The molecule has 0 atom stereocenters. The molecule has 4 nitrogen and oxygen atoms in total. The minimum atomic E-state index is 0.939. The standard InChI is InChI=1S/C64H44N4S/c1-3-21-41(22-4-1)65-51-33-13-7-25-45(51)59-47-27-9-15-35-53(47)67(55-37-17-11-29-49(55)61(59)65)57-39-19-31-43-44-32-20-40-58(64(44)69-63(43)57)68-54-36-16-10-28-48(54)60-46-26-8-14-34-52(46)66(42-23-5-2-6-24-42)62(60)50-30-12-18-38-56(50)68/h1-5,7-17,19-23,25-37,39-40H,6,18,24,38H2. The zero-order valence-corrected chi connectivity index (χ0v) is 38.6. The van der Waals surface area contributed by atoms with E-state index >= 15 is 0 Å². The molecule has 11 aromatic rings. The van der Waals surface area contributed by atoms with Crippen LogP contribution >= 0.6 is 11.3 Å². The molecule has 15 rings (SSSR count). The van der Waals surface area contributed by atoms with Gasteiger partial charge in [0.05, 0.1) is 60.3 Å². The molecule has 8 aromatic carbocycles. The summed E-state index contributed by atoms with van der Waals surface area (Å²) in [6.07, 6.45) is 15.6. The second-order valence-corrected chi connectivity index (χ2v) is 19.6. The Morgan fingerprint density at radius 3 is 1.59 bits per heavy atom. The maximum absolute atomic E-state index is 2.64.